The van der Waals surface area contributed by atoms with Gasteiger partial charge in [0.1, 0.15) is 6.07 Å². The summed E-state index contributed by atoms with van der Waals surface area (Å²) < 4.78 is 11.4. The van der Waals surface area contributed by atoms with Crippen molar-refractivity contribution in [2.24, 2.45) is 0 Å². The highest BCUT2D eigenvalue weighted by molar-refractivity contribution is 5.94. The number of hydrogen-bond acceptors (Lipinski definition) is 6. The number of aromatic nitrogens is 1. The van der Waals surface area contributed by atoms with E-state index in [9.17, 15) is 5.26 Å². The topological polar surface area (TPSA) is 74.3 Å². The van der Waals surface area contributed by atoms with Crippen molar-refractivity contribution in [3.63, 3.8) is 0 Å². The molecule has 138 valence electrons. The molecule has 1 aliphatic rings. The van der Waals surface area contributed by atoms with Gasteiger partial charge in [-0.15, -0.1) is 0 Å². The van der Waals surface area contributed by atoms with Gasteiger partial charge in [-0.3, -0.25) is 4.90 Å². The van der Waals surface area contributed by atoms with E-state index in [4.69, 9.17) is 9.15 Å². The summed E-state index contributed by atoms with van der Waals surface area (Å²) in [5.74, 6) is 0.894. The molecule has 1 aromatic heterocycles. The zero-order valence-electron chi connectivity index (χ0n) is 15.3. The Hall–Kier alpha value is -2.88. The van der Waals surface area contributed by atoms with Crippen molar-refractivity contribution < 1.29 is 9.15 Å². The minimum atomic E-state index is 0.284. The predicted octanol–water partition coefficient (Wildman–Crippen LogP) is 3.50. The van der Waals surface area contributed by atoms with E-state index in [-0.39, 0.29) is 5.69 Å². The van der Waals surface area contributed by atoms with Gasteiger partial charge < -0.3 is 14.5 Å². The average Bonchev–Trinajstić information content (AvgIpc) is 3.15. The molecule has 1 N–H and O–H groups in total. The summed E-state index contributed by atoms with van der Waals surface area (Å²) >= 11 is 0. The molecule has 1 atom stereocenters. The van der Waals surface area contributed by atoms with Crippen LogP contribution in [-0.4, -0.2) is 48.8 Å². The summed E-state index contributed by atoms with van der Waals surface area (Å²) in [5, 5.41) is 14.9. The van der Waals surface area contributed by atoms with E-state index in [1.165, 1.54) is 0 Å². The number of nitrogens with zero attached hydrogens (tertiary/aromatic N) is 3. The second kappa shape index (κ2) is 7.78. The molecular formula is C21H22N4O2. The van der Waals surface area contributed by atoms with Crippen LogP contribution in [0.25, 0.3) is 22.2 Å². The minimum absolute atomic E-state index is 0.284. The standard InChI is InChI=1S/C21H22N4O2/c1-15(25-9-11-26-12-10-25)14-23-21-19(13-22)24-20(27-21)18-8-4-6-16-5-2-3-7-17(16)18/h2-8,15,23H,9-12,14H2,1H3/t15-/m1/s1. The van der Waals surface area contributed by atoms with Crippen LogP contribution in [0.15, 0.2) is 46.9 Å². The van der Waals surface area contributed by atoms with Gasteiger partial charge in [0.15, 0.2) is 0 Å². The third-order valence-corrected chi connectivity index (χ3v) is 4.98. The summed E-state index contributed by atoms with van der Waals surface area (Å²) in [6, 6.07) is 16.5. The molecule has 1 aliphatic heterocycles. The average molecular weight is 362 g/mol. The fraction of sp³-hybridized carbons (Fsp3) is 0.333. The molecule has 0 unspecified atom stereocenters. The predicted molar refractivity (Wildman–Crippen MR) is 105 cm³/mol. The Balaban J connectivity index is 1.56. The highest BCUT2D eigenvalue weighted by Gasteiger charge is 2.20. The number of fused-ring (bicyclic) bond motifs is 1. The fourth-order valence-corrected chi connectivity index (χ4v) is 3.43. The van der Waals surface area contributed by atoms with Crippen molar-refractivity contribution in [1.82, 2.24) is 9.88 Å². The summed E-state index contributed by atoms with van der Waals surface area (Å²) in [4.78, 5) is 6.78. The van der Waals surface area contributed by atoms with Crippen LogP contribution in [0, 0.1) is 11.3 Å². The third kappa shape index (κ3) is 3.65. The first-order chi connectivity index (χ1) is 13.3. The molecule has 2 aromatic carbocycles. The number of hydrogen-bond donors (Lipinski definition) is 1. The highest BCUT2D eigenvalue weighted by Crippen LogP contribution is 2.31. The maximum Gasteiger partial charge on any atom is 0.232 e. The van der Waals surface area contributed by atoms with Gasteiger partial charge in [-0.25, -0.2) is 0 Å². The number of oxazole rings is 1. The molecular weight excluding hydrogens is 340 g/mol. The molecule has 1 saturated heterocycles. The number of nitrogens with one attached hydrogen (secondary N) is 1. The second-order valence-electron chi connectivity index (χ2n) is 6.71. The molecule has 3 aromatic rings. The first kappa shape index (κ1) is 17.5. The molecule has 0 spiro atoms. The van der Waals surface area contributed by atoms with Crippen molar-refractivity contribution in [3.8, 4) is 17.5 Å². The summed E-state index contributed by atoms with van der Waals surface area (Å²) in [7, 11) is 0. The lowest BCUT2D eigenvalue weighted by Crippen LogP contribution is -2.45. The van der Waals surface area contributed by atoms with Crippen molar-refractivity contribution in [1.29, 1.82) is 5.26 Å². The quantitative estimate of drug-likeness (QED) is 0.749. The molecule has 1 fully saturated rings. The van der Waals surface area contributed by atoms with E-state index in [1.54, 1.807) is 0 Å². The fourth-order valence-electron chi connectivity index (χ4n) is 3.43. The monoisotopic (exact) mass is 362 g/mol. The molecule has 27 heavy (non-hydrogen) atoms. The molecule has 0 radical (unpaired) electrons. The molecule has 4 rings (SSSR count). The van der Waals surface area contributed by atoms with Crippen LogP contribution < -0.4 is 5.32 Å². The molecule has 0 amide bonds. The smallest absolute Gasteiger partial charge is 0.232 e. The Morgan fingerprint density at radius 2 is 1.96 bits per heavy atom. The van der Waals surface area contributed by atoms with E-state index in [1.807, 2.05) is 30.3 Å². The third-order valence-electron chi connectivity index (χ3n) is 4.98. The van der Waals surface area contributed by atoms with Gasteiger partial charge in [0.05, 0.1) is 13.2 Å². The van der Waals surface area contributed by atoms with Crippen LogP contribution in [0.5, 0.6) is 0 Å². The van der Waals surface area contributed by atoms with Crippen LogP contribution in [-0.2, 0) is 4.74 Å². The zero-order valence-corrected chi connectivity index (χ0v) is 15.3. The first-order valence-electron chi connectivity index (χ1n) is 9.21. The Bertz CT molecular complexity index is 964. The summed E-state index contributed by atoms with van der Waals surface area (Å²) in [5.41, 5.74) is 1.17. The van der Waals surface area contributed by atoms with Crippen molar-refractivity contribution in [2.75, 3.05) is 38.2 Å². The molecule has 0 aliphatic carbocycles. The number of morpholine rings is 1. The van der Waals surface area contributed by atoms with Gasteiger partial charge in [-0.2, -0.15) is 10.2 Å². The number of benzene rings is 2. The SMILES string of the molecule is C[C@H](CNc1oc(-c2cccc3ccccc23)nc1C#N)N1CCOCC1. The van der Waals surface area contributed by atoms with Crippen molar-refractivity contribution in [2.45, 2.75) is 13.0 Å². The van der Waals surface area contributed by atoms with Crippen LogP contribution in [0.1, 0.15) is 12.6 Å². The molecule has 6 nitrogen and oxygen atoms in total. The van der Waals surface area contributed by atoms with Crippen molar-refractivity contribution in [3.05, 3.63) is 48.2 Å². The number of rotatable bonds is 5. The molecule has 0 bridgehead atoms. The molecule has 0 saturated carbocycles. The van der Waals surface area contributed by atoms with E-state index in [2.05, 4.69) is 40.3 Å². The van der Waals surface area contributed by atoms with Gasteiger partial charge in [-0.05, 0) is 23.8 Å². The Morgan fingerprint density at radius 3 is 2.78 bits per heavy atom. The van der Waals surface area contributed by atoms with Gasteiger partial charge in [-0.1, -0.05) is 36.4 Å². The van der Waals surface area contributed by atoms with Crippen LogP contribution >= 0.6 is 0 Å². The molecule has 2 heterocycles. The van der Waals surface area contributed by atoms with E-state index >= 15 is 0 Å². The highest BCUT2D eigenvalue weighted by atomic mass is 16.5. The Kier molecular flexibility index (Phi) is 5.05. The van der Waals surface area contributed by atoms with Crippen LogP contribution in [0.3, 0.4) is 0 Å². The summed E-state index contributed by atoms with van der Waals surface area (Å²) in [6.07, 6.45) is 0. The number of nitriles is 1. The lowest BCUT2D eigenvalue weighted by Gasteiger charge is -2.32. The molecule has 6 heteroatoms. The van der Waals surface area contributed by atoms with Crippen LogP contribution in [0.2, 0.25) is 0 Å². The maximum atomic E-state index is 9.47. The zero-order chi connectivity index (χ0) is 18.6. The summed E-state index contributed by atoms with van der Waals surface area (Å²) in [6.45, 7) is 6.21. The van der Waals surface area contributed by atoms with Crippen LogP contribution in [0.4, 0.5) is 5.88 Å². The first-order valence-corrected chi connectivity index (χ1v) is 9.21. The number of anilines is 1. The lowest BCUT2D eigenvalue weighted by atomic mass is 10.0. The largest absolute Gasteiger partial charge is 0.419 e. The minimum Gasteiger partial charge on any atom is -0.419 e. The maximum absolute atomic E-state index is 9.47. The van der Waals surface area contributed by atoms with E-state index in [0.717, 1.165) is 42.6 Å². The van der Waals surface area contributed by atoms with Crippen molar-refractivity contribution >= 4 is 16.7 Å². The van der Waals surface area contributed by atoms with Gasteiger partial charge >= 0.3 is 0 Å². The lowest BCUT2D eigenvalue weighted by molar-refractivity contribution is 0.0226. The van der Waals surface area contributed by atoms with E-state index < -0.39 is 0 Å². The Morgan fingerprint density at radius 1 is 1.19 bits per heavy atom. The van der Waals surface area contributed by atoms with Gasteiger partial charge in [0.25, 0.3) is 0 Å². The van der Waals surface area contributed by atoms with Gasteiger partial charge in [0.2, 0.25) is 17.5 Å². The normalized spacial score (nSPS) is 16.1. The second-order valence-corrected chi connectivity index (χ2v) is 6.71. The Labute approximate surface area is 158 Å². The number of ether oxygens (including phenoxy) is 1. The van der Waals surface area contributed by atoms with Gasteiger partial charge in [0, 0.05) is 31.2 Å². The van der Waals surface area contributed by atoms with E-state index in [0.29, 0.717) is 24.4 Å².